The van der Waals surface area contributed by atoms with Gasteiger partial charge in [0.2, 0.25) is 0 Å². The van der Waals surface area contributed by atoms with Crippen molar-refractivity contribution in [2.45, 2.75) is 101 Å². The van der Waals surface area contributed by atoms with Gasteiger partial charge in [-0.25, -0.2) is 0 Å². The first-order chi connectivity index (χ1) is 9.08. The van der Waals surface area contributed by atoms with Gasteiger partial charge in [0, 0.05) is 5.41 Å². The normalized spacial score (nSPS) is 44.7. The Morgan fingerprint density at radius 3 is 2.10 bits per heavy atom. The van der Waals surface area contributed by atoms with Crippen LogP contribution in [0.1, 0.15) is 72.1 Å². The van der Waals surface area contributed by atoms with E-state index in [0.29, 0.717) is 0 Å². The molecule has 3 aliphatic carbocycles. The van der Waals surface area contributed by atoms with Crippen molar-refractivity contribution in [1.82, 2.24) is 0 Å². The highest BCUT2D eigenvalue weighted by Crippen LogP contribution is 2.70. The van der Waals surface area contributed by atoms with E-state index in [9.17, 15) is 5.11 Å². The monoisotopic (exact) mass is 296 g/mol. The third-order valence-corrected chi connectivity index (χ3v) is 11.9. The van der Waals surface area contributed by atoms with Crippen LogP contribution < -0.4 is 0 Å². The SMILES string of the molecule is CC(C)(C)[Si](C)(C)O[C@]12CCC[C@]13CCC[C@]3(O)CC2. The lowest BCUT2D eigenvalue weighted by Gasteiger charge is -2.50. The quantitative estimate of drug-likeness (QED) is 0.753. The van der Waals surface area contributed by atoms with Crippen molar-refractivity contribution in [3.63, 3.8) is 0 Å². The molecule has 0 amide bonds. The summed E-state index contributed by atoms with van der Waals surface area (Å²) in [6.07, 6.45) is 9.08. The van der Waals surface area contributed by atoms with Gasteiger partial charge in [-0.3, -0.25) is 0 Å². The molecule has 0 bridgehead atoms. The molecule has 3 saturated carbocycles. The van der Waals surface area contributed by atoms with Crippen LogP contribution in [0.25, 0.3) is 0 Å². The molecule has 1 N–H and O–H groups in total. The van der Waals surface area contributed by atoms with E-state index in [-0.39, 0.29) is 16.1 Å². The fourth-order valence-corrected chi connectivity index (χ4v) is 6.97. The zero-order valence-corrected chi connectivity index (χ0v) is 15.0. The van der Waals surface area contributed by atoms with Crippen molar-refractivity contribution < 1.29 is 9.53 Å². The number of aliphatic hydroxyl groups is 1. The van der Waals surface area contributed by atoms with Gasteiger partial charge >= 0.3 is 0 Å². The maximum absolute atomic E-state index is 11.2. The maximum Gasteiger partial charge on any atom is 0.192 e. The smallest absolute Gasteiger partial charge is 0.192 e. The largest absolute Gasteiger partial charge is 0.411 e. The molecule has 116 valence electrons. The lowest BCUT2D eigenvalue weighted by molar-refractivity contribution is -0.107. The Bertz CT molecular complexity index is 410. The van der Waals surface area contributed by atoms with Gasteiger partial charge in [0.05, 0.1) is 11.2 Å². The minimum absolute atomic E-state index is 0.00124. The summed E-state index contributed by atoms with van der Waals surface area (Å²) in [4.78, 5) is 0. The molecule has 20 heavy (non-hydrogen) atoms. The van der Waals surface area contributed by atoms with Gasteiger partial charge in [0.15, 0.2) is 8.32 Å². The second kappa shape index (κ2) is 4.11. The highest BCUT2D eigenvalue weighted by atomic mass is 28.4. The van der Waals surface area contributed by atoms with Crippen LogP contribution in [0.5, 0.6) is 0 Å². The molecule has 0 aromatic heterocycles. The summed E-state index contributed by atoms with van der Waals surface area (Å²) in [6.45, 7) is 11.7. The van der Waals surface area contributed by atoms with E-state index in [0.717, 1.165) is 19.3 Å². The molecule has 3 atom stereocenters. The topological polar surface area (TPSA) is 29.5 Å². The van der Waals surface area contributed by atoms with Crippen molar-refractivity contribution in [2.75, 3.05) is 0 Å². The molecule has 0 radical (unpaired) electrons. The second-order valence-electron chi connectivity index (χ2n) is 9.18. The van der Waals surface area contributed by atoms with Gasteiger partial charge in [0.1, 0.15) is 0 Å². The predicted octanol–water partition coefficient (Wildman–Crippen LogP) is 4.63. The van der Waals surface area contributed by atoms with Crippen LogP contribution in [0.2, 0.25) is 18.1 Å². The fraction of sp³-hybridized carbons (Fsp3) is 1.00. The van der Waals surface area contributed by atoms with Crippen molar-refractivity contribution >= 4 is 8.32 Å². The lowest BCUT2D eigenvalue weighted by atomic mass is 9.70. The molecular formula is C17H32O2Si. The van der Waals surface area contributed by atoms with E-state index in [1.807, 2.05) is 0 Å². The van der Waals surface area contributed by atoms with Crippen LogP contribution in [0, 0.1) is 5.41 Å². The third kappa shape index (κ3) is 1.69. The lowest BCUT2D eigenvalue weighted by Crippen LogP contribution is -2.56. The van der Waals surface area contributed by atoms with E-state index in [1.165, 1.54) is 32.1 Å². The Morgan fingerprint density at radius 2 is 1.50 bits per heavy atom. The summed E-state index contributed by atoms with van der Waals surface area (Å²) in [5, 5.41) is 11.4. The van der Waals surface area contributed by atoms with Crippen LogP contribution in [-0.2, 0) is 4.43 Å². The highest BCUT2D eigenvalue weighted by Gasteiger charge is 2.72. The van der Waals surface area contributed by atoms with Gasteiger partial charge < -0.3 is 9.53 Å². The minimum atomic E-state index is -1.77. The molecule has 3 rings (SSSR count). The van der Waals surface area contributed by atoms with E-state index < -0.39 is 13.9 Å². The summed E-state index contributed by atoms with van der Waals surface area (Å²) < 4.78 is 7.02. The Kier molecular flexibility index (Phi) is 3.09. The average Bonchev–Trinajstić information content (AvgIpc) is 2.85. The average molecular weight is 297 g/mol. The third-order valence-electron chi connectivity index (χ3n) is 7.34. The van der Waals surface area contributed by atoms with Crippen molar-refractivity contribution in [3.8, 4) is 0 Å². The van der Waals surface area contributed by atoms with Crippen LogP contribution in [0.3, 0.4) is 0 Å². The van der Waals surface area contributed by atoms with E-state index in [2.05, 4.69) is 33.9 Å². The van der Waals surface area contributed by atoms with Gasteiger partial charge in [-0.1, -0.05) is 20.8 Å². The first kappa shape index (κ1) is 15.0. The van der Waals surface area contributed by atoms with E-state index in [4.69, 9.17) is 4.43 Å². The molecule has 0 unspecified atom stereocenters. The highest BCUT2D eigenvalue weighted by molar-refractivity contribution is 6.74. The molecule has 0 aliphatic heterocycles. The molecule has 1 spiro atoms. The van der Waals surface area contributed by atoms with E-state index in [1.54, 1.807) is 0 Å². The summed E-state index contributed by atoms with van der Waals surface area (Å²) in [7, 11) is -1.77. The molecule has 3 fully saturated rings. The molecule has 0 saturated heterocycles. The summed E-state index contributed by atoms with van der Waals surface area (Å²) in [5.74, 6) is 0. The second-order valence-corrected chi connectivity index (χ2v) is 13.9. The Labute approximate surface area is 125 Å². The van der Waals surface area contributed by atoms with Crippen LogP contribution in [0.15, 0.2) is 0 Å². The molecule has 3 heteroatoms. The molecule has 0 aromatic carbocycles. The Balaban J connectivity index is 1.96. The Hall–Kier alpha value is 0.137. The van der Waals surface area contributed by atoms with Crippen LogP contribution in [-0.4, -0.2) is 24.6 Å². The molecule has 2 nitrogen and oxygen atoms in total. The molecular weight excluding hydrogens is 264 g/mol. The predicted molar refractivity (Wildman–Crippen MR) is 85.3 cm³/mol. The zero-order chi connectivity index (χ0) is 14.9. The van der Waals surface area contributed by atoms with Crippen LogP contribution in [0.4, 0.5) is 0 Å². The van der Waals surface area contributed by atoms with Crippen molar-refractivity contribution in [3.05, 3.63) is 0 Å². The van der Waals surface area contributed by atoms with Gasteiger partial charge in [0.25, 0.3) is 0 Å². The Morgan fingerprint density at radius 1 is 0.900 bits per heavy atom. The molecule has 0 heterocycles. The number of rotatable bonds is 2. The first-order valence-electron chi connectivity index (χ1n) is 8.50. The summed E-state index contributed by atoms with van der Waals surface area (Å²) in [5.41, 5.74) is -0.317. The molecule has 3 aliphatic rings. The zero-order valence-electron chi connectivity index (χ0n) is 14.0. The van der Waals surface area contributed by atoms with Gasteiger partial charge in [-0.05, 0) is 69.5 Å². The van der Waals surface area contributed by atoms with E-state index >= 15 is 0 Å². The number of hydrogen-bond donors (Lipinski definition) is 1. The van der Waals surface area contributed by atoms with Gasteiger partial charge in [-0.2, -0.15) is 0 Å². The standard InChI is InChI=1S/C17H32O2Si/c1-14(2,3)20(4,5)19-17-11-7-9-15(17)8-6-10-16(15,18)12-13-17/h18H,6-13H2,1-5H3/t15-,16-,17-/m0/s1. The van der Waals surface area contributed by atoms with Gasteiger partial charge in [-0.15, -0.1) is 0 Å². The minimum Gasteiger partial charge on any atom is -0.411 e. The van der Waals surface area contributed by atoms with Crippen LogP contribution >= 0.6 is 0 Å². The van der Waals surface area contributed by atoms with Crippen molar-refractivity contribution in [1.29, 1.82) is 0 Å². The summed E-state index contributed by atoms with van der Waals surface area (Å²) in [6, 6.07) is 0. The molecule has 0 aromatic rings. The number of hydrogen-bond acceptors (Lipinski definition) is 2. The maximum atomic E-state index is 11.2. The fourth-order valence-electron chi connectivity index (χ4n) is 5.29. The summed E-state index contributed by atoms with van der Waals surface area (Å²) >= 11 is 0. The van der Waals surface area contributed by atoms with Crippen molar-refractivity contribution in [2.24, 2.45) is 5.41 Å². The first-order valence-corrected chi connectivity index (χ1v) is 11.4.